The molecule has 1 aliphatic heterocycles. The van der Waals surface area contributed by atoms with Crippen LogP contribution in [-0.2, 0) is 6.54 Å². The predicted molar refractivity (Wildman–Crippen MR) is 54.2 cm³/mol. The molecule has 0 saturated carbocycles. The molecule has 2 rings (SSSR count). The summed E-state index contributed by atoms with van der Waals surface area (Å²) in [6, 6.07) is 3.89. The Kier molecular flexibility index (Phi) is 2.98. The molecule has 1 atom stereocenters. The summed E-state index contributed by atoms with van der Waals surface area (Å²) in [7, 11) is 0. The molecule has 1 heterocycles. The lowest BCUT2D eigenvalue weighted by Crippen LogP contribution is -2.26. The Labute approximate surface area is 87.7 Å². The van der Waals surface area contributed by atoms with Crippen LogP contribution in [-0.4, -0.2) is 24.0 Å². The molecule has 82 valence electrons. The fourth-order valence-electron chi connectivity index (χ4n) is 1.90. The van der Waals surface area contributed by atoms with E-state index in [9.17, 15) is 8.78 Å². The van der Waals surface area contributed by atoms with Gasteiger partial charge in [-0.05, 0) is 12.5 Å². The number of hydrogen-bond donors (Lipinski definition) is 1. The molecule has 0 spiro atoms. The number of rotatable bonds is 2. The van der Waals surface area contributed by atoms with Crippen LogP contribution in [0.25, 0.3) is 0 Å². The van der Waals surface area contributed by atoms with Crippen molar-refractivity contribution < 1.29 is 8.78 Å². The van der Waals surface area contributed by atoms with Gasteiger partial charge in [-0.25, -0.2) is 8.78 Å². The van der Waals surface area contributed by atoms with E-state index in [2.05, 4.69) is 4.90 Å². The standard InChI is InChI=1S/C11H14F2N2/c12-9-2-1-8(11(13)5-9)6-15-4-3-10(14)7-15/h1-2,5,10H,3-4,6-7,14H2. The van der Waals surface area contributed by atoms with Crippen LogP contribution in [0.3, 0.4) is 0 Å². The highest BCUT2D eigenvalue weighted by Gasteiger charge is 2.19. The van der Waals surface area contributed by atoms with Gasteiger partial charge in [0, 0.05) is 37.3 Å². The predicted octanol–water partition coefficient (Wildman–Crippen LogP) is 1.50. The molecule has 1 aromatic carbocycles. The number of likely N-dealkylation sites (tertiary alicyclic amines) is 1. The lowest BCUT2D eigenvalue weighted by Gasteiger charge is -2.15. The summed E-state index contributed by atoms with van der Waals surface area (Å²) in [5.74, 6) is -1.01. The molecule has 0 aliphatic carbocycles. The van der Waals surface area contributed by atoms with E-state index >= 15 is 0 Å². The van der Waals surface area contributed by atoms with Crippen molar-refractivity contribution in [3.63, 3.8) is 0 Å². The molecular weight excluding hydrogens is 198 g/mol. The van der Waals surface area contributed by atoms with E-state index in [0.29, 0.717) is 12.1 Å². The van der Waals surface area contributed by atoms with Gasteiger partial charge < -0.3 is 5.73 Å². The Bertz CT molecular complexity index is 354. The van der Waals surface area contributed by atoms with Crippen molar-refractivity contribution in [3.8, 4) is 0 Å². The number of benzene rings is 1. The first-order valence-corrected chi connectivity index (χ1v) is 5.07. The van der Waals surface area contributed by atoms with E-state index in [0.717, 1.165) is 25.6 Å². The van der Waals surface area contributed by atoms with Crippen molar-refractivity contribution in [1.29, 1.82) is 0 Å². The van der Waals surface area contributed by atoms with E-state index in [1.807, 2.05) is 0 Å². The average molecular weight is 212 g/mol. The molecule has 0 bridgehead atoms. The maximum Gasteiger partial charge on any atom is 0.130 e. The Hall–Kier alpha value is -1.00. The van der Waals surface area contributed by atoms with Gasteiger partial charge in [0.25, 0.3) is 0 Å². The molecular formula is C11H14F2N2. The second-order valence-electron chi connectivity index (χ2n) is 4.02. The summed E-state index contributed by atoms with van der Waals surface area (Å²) in [4.78, 5) is 2.08. The third-order valence-corrected chi connectivity index (χ3v) is 2.72. The van der Waals surface area contributed by atoms with Gasteiger partial charge in [-0.1, -0.05) is 6.07 Å². The summed E-state index contributed by atoms with van der Waals surface area (Å²) in [6.07, 6.45) is 0.947. The minimum absolute atomic E-state index is 0.188. The Morgan fingerprint density at radius 3 is 2.80 bits per heavy atom. The third kappa shape index (κ3) is 2.52. The highest BCUT2D eigenvalue weighted by Crippen LogP contribution is 2.15. The second kappa shape index (κ2) is 4.24. The zero-order chi connectivity index (χ0) is 10.8. The summed E-state index contributed by atoms with van der Waals surface area (Å²) in [5.41, 5.74) is 6.28. The first kappa shape index (κ1) is 10.5. The largest absolute Gasteiger partial charge is 0.326 e. The molecule has 1 aromatic rings. The van der Waals surface area contributed by atoms with Crippen LogP contribution >= 0.6 is 0 Å². The second-order valence-corrected chi connectivity index (χ2v) is 4.02. The molecule has 2 N–H and O–H groups in total. The van der Waals surface area contributed by atoms with Crippen molar-refractivity contribution in [2.75, 3.05) is 13.1 Å². The first-order chi connectivity index (χ1) is 7.15. The molecule has 0 aromatic heterocycles. The molecule has 4 heteroatoms. The maximum atomic E-state index is 13.3. The zero-order valence-electron chi connectivity index (χ0n) is 8.42. The Morgan fingerprint density at radius 1 is 1.40 bits per heavy atom. The van der Waals surface area contributed by atoms with E-state index < -0.39 is 11.6 Å². The summed E-state index contributed by atoms with van der Waals surface area (Å²) in [5, 5.41) is 0. The Morgan fingerprint density at radius 2 is 2.20 bits per heavy atom. The summed E-state index contributed by atoms with van der Waals surface area (Å²) >= 11 is 0. The fraction of sp³-hybridized carbons (Fsp3) is 0.455. The quantitative estimate of drug-likeness (QED) is 0.805. The number of nitrogens with two attached hydrogens (primary N) is 1. The number of halogens is 2. The van der Waals surface area contributed by atoms with E-state index in [-0.39, 0.29) is 6.04 Å². The van der Waals surface area contributed by atoms with Gasteiger partial charge in [-0.2, -0.15) is 0 Å². The van der Waals surface area contributed by atoms with Crippen LogP contribution in [0.2, 0.25) is 0 Å². The van der Waals surface area contributed by atoms with Crippen molar-refractivity contribution in [1.82, 2.24) is 4.90 Å². The topological polar surface area (TPSA) is 29.3 Å². The minimum atomic E-state index is -0.533. The van der Waals surface area contributed by atoms with Gasteiger partial charge in [-0.3, -0.25) is 4.90 Å². The number of nitrogens with zero attached hydrogens (tertiary/aromatic N) is 1. The average Bonchev–Trinajstić information content (AvgIpc) is 2.56. The van der Waals surface area contributed by atoms with Gasteiger partial charge >= 0.3 is 0 Å². The van der Waals surface area contributed by atoms with Gasteiger partial charge in [0.1, 0.15) is 11.6 Å². The van der Waals surface area contributed by atoms with Crippen molar-refractivity contribution in [2.45, 2.75) is 19.0 Å². The number of hydrogen-bond acceptors (Lipinski definition) is 2. The van der Waals surface area contributed by atoms with Crippen molar-refractivity contribution >= 4 is 0 Å². The van der Waals surface area contributed by atoms with Crippen LogP contribution in [0, 0.1) is 11.6 Å². The van der Waals surface area contributed by atoms with Crippen LogP contribution in [0.1, 0.15) is 12.0 Å². The molecule has 15 heavy (non-hydrogen) atoms. The molecule has 2 nitrogen and oxygen atoms in total. The van der Waals surface area contributed by atoms with Gasteiger partial charge in [0.05, 0.1) is 0 Å². The van der Waals surface area contributed by atoms with Crippen LogP contribution < -0.4 is 5.73 Å². The van der Waals surface area contributed by atoms with E-state index in [1.165, 1.54) is 12.1 Å². The SMILES string of the molecule is NC1CCN(Cc2ccc(F)cc2F)C1. The molecule has 0 radical (unpaired) electrons. The van der Waals surface area contributed by atoms with E-state index in [4.69, 9.17) is 5.73 Å². The van der Waals surface area contributed by atoms with Crippen LogP contribution in [0.5, 0.6) is 0 Å². The normalized spacial score (nSPS) is 22.2. The maximum absolute atomic E-state index is 13.3. The fourth-order valence-corrected chi connectivity index (χ4v) is 1.90. The smallest absolute Gasteiger partial charge is 0.130 e. The van der Waals surface area contributed by atoms with Gasteiger partial charge in [-0.15, -0.1) is 0 Å². The van der Waals surface area contributed by atoms with Crippen molar-refractivity contribution in [3.05, 3.63) is 35.4 Å². The summed E-state index contributed by atoms with van der Waals surface area (Å²) < 4.78 is 26.0. The van der Waals surface area contributed by atoms with E-state index in [1.54, 1.807) is 0 Å². The van der Waals surface area contributed by atoms with Gasteiger partial charge in [0.15, 0.2) is 0 Å². The molecule has 1 fully saturated rings. The van der Waals surface area contributed by atoms with Crippen molar-refractivity contribution in [2.24, 2.45) is 5.73 Å². The van der Waals surface area contributed by atoms with Crippen LogP contribution in [0.4, 0.5) is 8.78 Å². The zero-order valence-corrected chi connectivity index (χ0v) is 8.42. The lowest BCUT2D eigenvalue weighted by molar-refractivity contribution is 0.321. The highest BCUT2D eigenvalue weighted by molar-refractivity contribution is 5.18. The van der Waals surface area contributed by atoms with Crippen LogP contribution in [0.15, 0.2) is 18.2 Å². The highest BCUT2D eigenvalue weighted by atomic mass is 19.1. The third-order valence-electron chi connectivity index (χ3n) is 2.72. The minimum Gasteiger partial charge on any atom is -0.326 e. The molecule has 1 saturated heterocycles. The van der Waals surface area contributed by atoms with Gasteiger partial charge in [0.2, 0.25) is 0 Å². The monoisotopic (exact) mass is 212 g/mol. The lowest BCUT2D eigenvalue weighted by atomic mass is 10.2. The molecule has 0 amide bonds. The first-order valence-electron chi connectivity index (χ1n) is 5.07. The summed E-state index contributed by atoms with van der Waals surface area (Å²) in [6.45, 7) is 2.19. The Balaban J connectivity index is 2.04. The molecule has 1 unspecified atom stereocenters. The molecule has 1 aliphatic rings.